The standard InChI is InChI=1S/C14H18BrN3O/c1-3-16-7-11-4-5-14(13(15)6-11)19-9-12-8-17-10-18(12)2/h4-6,8,10,16H,3,7,9H2,1-2H3. The average molecular weight is 324 g/mol. The lowest BCUT2D eigenvalue weighted by Gasteiger charge is -2.10. The lowest BCUT2D eigenvalue weighted by atomic mass is 10.2. The Morgan fingerprint density at radius 2 is 2.26 bits per heavy atom. The molecule has 2 rings (SSSR count). The van der Waals surface area contributed by atoms with Crippen LogP contribution < -0.4 is 10.1 Å². The van der Waals surface area contributed by atoms with E-state index in [4.69, 9.17) is 4.74 Å². The van der Waals surface area contributed by atoms with Gasteiger partial charge >= 0.3 is 0 Å². The third-order valence-corrected chi connectivity index (χ3v) is 3.49. The molecule has 0 aliphatic carbocycles. The van der Waals surface area contributed by atoms with Crippen molar-refractivity contribution in [3.63, 3.8) is 0 Å². The number of aromatic nitrogens is 2. The smallest absolute Gasteiger partial charge is 0.134 e. The second kappa shape index (κ2) is 6.73. The van der Waals surface area contributed by atoms with E-state index in [0.29, 0.717) is 6.61 Å². The molecule has 19 heavy (non-hydrogen) atoms. The molecule has 4 nitrogen and oxygen atoms in total. The van der Waals surface area contributed by atoms with Crippen LogP contribution in [-0.2, 0) is 20.2 Å². The van der Waals surface area contributed by atoms with E-state index in [9.17, 15) is 0 Å². The third-order valence-electron chi connectivity index (χ3n) is 2.87. The Kier molecular flexibility index (Phi) is 4.99. The Labute approximate surface area is 121 Å². The van der Waals surface area contributed by atoms with E-state index >= 15 is 0 Å². The highest BCUT2D eigenvalue weighted by Gasteiger charge is 2.05. The van der Waals surface area contributed by atoms with Crippen molar-refractivity contribution in [2.45, 2.75) is 20.1 Å². The minimum Gasteiger partial charge on any atom is -0.486 e. The second-order valence-corrected chi connectivity index (χ2v) is 5.18. The number of ether oxygens (including phenoxy) is 1. The molecule has 0 atom stereocenters. The largest absolute Gasteiger partial charge is 0.486 e. The predicted molar refractivity (Wildman–Crippen MR) is 79.1 cm³/mol. The molecule has 0 aliphatic heterocycles. The first-order valence-corrected chi connectivity index (χ1v) is 7.07. The maximum atomic E-state index is 5.79. The van der Waals surface area contributed by atoms with Crippen molar-refractivity contribution in [1.29, 1.82) is 0 Å². The summed E-state index contributed by atoms with van der Waals surface area (Å²) in [4.78, 5) is 4.07. The average Bonchev–Trinajstić information content (AvgIpc) is 2.81. The van der Waals surface area contributed by atoms with Crippen molar-refractivity contribution in [3.8, 4) is 5.75 Å². The van der Waals surface area contributed by atoms with E-state index in [-0.39, 0.29) is 0 Å². The Morgan fingerprint density at radius 1 is 1.42 bits per heavy atom. The van der Waals surface area contributed by atoms with Crippen LogP contribution in [0.2, 0.25) is 0 Å². The van der Waals surface area contributed by atoms with Crippen LogP contribution in [0, 0.1) is 0 Å². The molecule has 0 fully saturated rings. The lowest BCUT2D eigenvalue weighted by molar-refractivity contribution is 0.295. The normalized spacial score (nSPS) is 10.7. The fourth-order valence-electron chi connectivity index (χ4n) is 1.72. The van der Waals surface area contributed by atoms with Crippen molar-refractivity contribution in [2.75, 3.05) is 6.54 Å². The molecule has 1 N–H and O–H groups in total. The van der Waals surface area contributed by atoms with Crippen LogP contribution in [0.25, 0.3) is 0 Å². The zero-order valence-corrected chi connectivity index (χ0v) is 12.8. The summed E-state index contributed by atoms with van der Waals surface area (Å²) in [7, 11) is 1.96. The first kappa shape index (κ1) is 14.1. The number of nitrogens with one attached hydrogen (secondary N) is 1. The quantitative estimate of drug-likeness (QED) is 0.888. The molecule has 0 bridgehead atoms. The summed E-state index contributed by atoms with van der Waals surface area (Å²) in [6, 6.07) is 6.15. The van der Waals surface area contributed by atoms with Crippen molar-refractivity contribution < 1.29 is 4.74 Å². The van der Waals surface area contributed by atoms with Crippen molar-refractivity contribution >= 4 is 15.9 Å². The molecular formula is C14H18BrN3O. The summed E-state index contributed by atoms with van der Waals surface area (Å²) in [5.74, 6) is 0.849. The van der Waals surface area contributed by atoms with Crippen LogP contribution in [0.4, 0.5) is 0 Å². The Morgan fingerprint density at radius 3 is 2.89 bits per heavy atom. The van der Waals surface area contributed by atoms with Gasteiger partial charge in [-0.15, -0.1) is 0 Å². The number of hydrogen-bond donors (Lipinski definition) is 1. The second-order valence-electron chi connectivity index (χ2n) is 4.33. The topological polar surface area (TPSA) is 39.1 Å². The van der Waals surface area contributed by atoms with Gasteiger partial charge in [0.15, 0.2) is 0 Å². The molecule has 0 unspecified atom stereocenters. The molecule has 102 valence electrons. The highest BCUT2D eigenvalue weighted by Crippen LogP contribution is 2.26. The maximum Gasteiger partial charge on any atom is 0.134 e. The number of halogens is 1. The van der Waals surface area contributed by atoms with Crippen molar-refractivity contribution in [2.24, 2.45) is 7.05 Å². The van der Waals surface area contributed by atoms with E-state index in [1.165, 1.54) is 5.56 Å². The first-order chi connectivity index (χ1) is 9.20. The van der Waals surface area contributed by atoms with Gasteiger partial charge < -0.3 is 14.6 Å². The molecule has 1 aromatic heterocycles. The summed E-state index contributed by atoms with van der Waals surface area (Å²) in [6.07, 6.45) is 3.58. The van der Waals surface area contributed by atoms with Gasteiger partial charge in [0.25, 0.3) is 0 Å². The zero-order valence-electron chi connectivity index (χ0n) is 11.2. The molecule has 1 heterocycles. The molecule has 0 amide bonds. The van der Waals surface area contributed by atoms with Gasteiger partial charge in [0.1, 0.15) is 12.4 Å². The van der Waals surface area contributed by atoms with Gasteiger partial charge in [-0.05, 0) is 40.2 Å². The van der Waals surface area contributed by atoms with Gasteiger partial charge in [0.05, 0.1) is 22.7 Å². The Balaban J connectivity index is 1.99. The summed E-state index contributed by atoms with van der Waals surface area (Å²) in [6.45, 7) is 4.45. The van der Waals surface area contributed by atoms with Gasteiger partial charge in [-0.1, -0.05) is 13.0 Å². The molecule has 5 heteroatoms. The highest BCUT2D eigenvalue weighted by atomic mass is 79.9. The summed E-state index contributed by atoms with van der Waals surface area (Å²) in [5.41, 5.74) is 2.28. The molecule has 0 saturated heterocycles. The van der Waals surface area contributed by atoms with Gasteiger partial charge in [0, 0.05) is 13.6 Å². The van der Waals surface area contributed by atoms with Crippen molar-refractivity contribution in [1.82, 2.24) is 14.9 Å². The molecule has 0 radical (unpaired) electrons. The molecule has 2 aromatic rings. The lowest BCUT2D eigenvalue weighted by Crippen LogP contribution is -2.11. The summed E-state index contributed by atoms with van der Waals surface area (Å²) in [5, 5.41) is 3.30. The number of benzene rings is 1. The van der Waals surface area contributed by atoms with Crippen LogP contribution in [0.1, 0.15) is 18.2 Å². The number of nitrogens with zero attached hydrogens (tertiary/aromatic N) is 2. The van der Waals surface area contributed by atoms with E-state index in [2.05, 4.69) is 45.3 Å². The summed E-state index contributed by atoms with van der Waals surface area (Å²) >= 11 is 3.55. The van der Waals surface area contributed by atoms with Gasteiger partial charge in [-0.2, -0.15) is 0 Å². The number of rotatable bonds is 6. The van der Waals surface area contributed by atoms with E-state index < -0.39 is 0 Å². The van der Waals surface area contributed by atoms with Crippen LogP contribution in [0.3, 0.4) is 0 Å². The third kappa shape index (κ3) is 3.81. The van der Waals surface area contributed by atoms with Crippen LogP contribution in [-0.4, -0.2) is 16.1 Å². The van der Waals surface area contributed by atoms with E-state index in [0.717, 1.165) is 29.0 Å². The van der Waals surface area contributed by atoms with Crippen molar-refractivity contribution in [3.05, 3.63) is 46.5 Å². The minimum absolute atomic E-state index is 0.516. The summed E-state index contributed by atoms with van der Waals surface area (Å²) < 4.78 is 8.72. The van der Waals surface area contributed by atoms with Gasteiger partial charge in [-0.25, -0.2) is 4.98 Å². The first-order valence-electron chi connectivity index (χ1n) is 6.28. The highest BCUT2D eigenvalue weighted by molar-refractivity contribution is 9.10. The Bertz CT molecular complexity index is 539. The Hall–Kier alpha value is -1.33. The zero-order chi connectivity index (χ0) is 13.7. The SMILES string of the molecule is CCNCc1ccc(OCc2cncn2C)c(Br)c1. The van der Waals surface area contributed by atoms with E-state index in [1.54, 1.807) is 6.33 Å². The van der Waals surface area contributed by atoms with Crippen LogP contribution in [0.15, 0.2) is 35.2 Å². The van der Waals surface area contributed by atoms with Crippen LogP contribution in [0.5, 0.6) is 5.75 Å². The number of aryl methyl sites for hydroxylation is 1. The predicted octanol–water partition coefficient (Wildman–Crippen LogP) is 2.87. The molecule has 0 saturated carbocycles. The number of imidazole rings is 1. The molecule has 0 aliphatic rings. The molecular weight excluding hydrogens is 306 g/mol. The molecule has 0 spiro atoms. The number of hydrogen-bond acceptors (Lipinski definition) is 3. The maximum absolute atomic E-state index is 5.79. The fraction of sp³-hybridized carbons (Fsp3) is 0.357. The monoisotopic (exact) mass is 323 g/mol. The minimum atomic E-state index is 0.516. The van der Waals surface area contributed by atoms with Crippen LogP contribution >= 0.6 is 15.9 Å². The van der Waals surface area contributed by atoms with Gasteiger partial charge in [0.2, 0.25) is 0 Å². The molecule has 1 aromatic carbocycles. The fourth-order valence-corrected chi connectivity index (χ4v) is 2.26. The van der Waals surface area contributed by atoms with E-state index in [1.807, 2.05) is 23.9 Å². The van der Waals surface area contributed by atoms with Gasteiger partial charge in [-0.3, -0.25) is 0 Å².